The van der Waals surface area contributed by atoms with Crippen LogP contribution in [0.1, 0.15) is 10.4 Å². The van der Waals surface area contributed by atoms with Crippen LogP contribution in [0.5, 0.6) is 5.75 Å². The van der Waals surface area contributed by atoms with E-state index >= 15 is 0 Å². The Morgan fingerprint density at radius 2 is 2.19 bits per heavy atom. The molecular weight excluding hydrogens is 206 g/mol. The lowest BCUT2D eigenvalue weighted by Gasteiger charge is -2.05. The van der Waals surface area contributed by atoms with E-state index < -0.39 is 5.78 Å². The normalized spacial score (nSPS) is 9.94. The molecule has 0 aliphatic heterocycles. The van der Waals surface area contributed by atoms with Gasteiger partial charge in [-0.1, -0.05) is 0 Å². The number of phenolic OH excluding ortho intramolecular Hbond substituents is 1. The van der Waals surface area contributed by atoms with E-state index in [1.807, 2.05) is 0 Å². The van der Waals surface area contributed by atoms with E-state index in [0.29, 0.717) is 11.1 Å². The summed E-state index contributed by atoms with van der Waals surface area (Å²) in [7, 11) is 0. The summed E-state index contributed by atoms with van der Waals surface area (Å²) in [5, 5.41) is 18.7. The van der Waals surface area contributed by atoms with Crippen LogP contribution in [0.15, 0.2) is 24.4 Å². The lowest BCUT2D eigenvalue weighted by Crippen LogP contribution is -1.99. The molecule has 0 amide bonds. The van der Waals surface area contributed by atoms with Gasteiger partial charge in [0.15, 0.2) is 0 Å². The van der Waals surface area contributed by atoms with E-state index in [1.54, 1.807) is 12.1 Å². The number of phenols is 1. The first-order valence-electron chi connectivity index (χ1n) is 4.45. The van der Waals surface area contributed by atoms with Gasteiger partial charge in [-0.2, -0.15) is 5.26 Å². The summed E-state index contributed by atoms with van der Waals surface area (Å²) in [6.07, 6.45) is 1.42. The number of nitrogen functional groups attached to an aromatic ring is 1. The average Bonchev–Trinajstić information content (AvgIpc) is 2.28. The second-order valence-electron chi connectivity index (χ2n) is 3.20. The maximum atomic E-state index is 11.4. The van der Waals surface area contributed by atoms with Crippen LogP contribution in [0.2, 0.25) is 0 Å². The number of pyridine rings is 1. The van der Waals surface area contributed by atoms with Crippen LogP contribution in [0.4, 0.5) is 5.69 Å². The van der Waals surface area contributed by atoms with Crippen molar-refractivity contribution in [3.05, 3.63) is 30.0 Å². The monoisotopic (exact) mass is 213 g/mol. The molecule has 78 valence electrons. The summed E-state index contributed by atoms with van der Waals surface area (Å²) in [4.78, 5) is 15.3. The lowest BCUT2D eigenvalue weighted by atomic mass is 10.0. The van der Waals surface area contributed by atoms with E-state index in [0.717, 1.165) is 0 Å². The summed E-state index contributed by atoms with van der Waals surface area (Å²) in [5.74, 6) is -1.10. The van der Waals surface area contributed by atoms with Crippen molar-refractivity contribution in [2.45, 2.75) is 0 Å². The zero-order valence-electron chi connectivity index (χ0n) is 8.14. The SMILES string of the molecule is N#CC(=O)c1c(O)ccc2c(N)ccnc12. The van der Waals surface area contributed by atoms with Gasteiger partial charge in [0.05, 0.1) is 5.52 Å². The van der Waals surface area contributed by atoms with E-state index in [-0.39, 0.29) is 16.8 Å². The maximum Gasteiger partial charge on any atom is 0.268 e. The number of rotatable bonds is 1. The molecule has 0 atom stereocenters. The first-order valence-corrected chi connectivity index (χ1v) is 4.45. The maximum absolute atomic E-state index is 11.4. The van der Waals surface area contributed by atoms with E-state index in [4.69, 9.17) is 11.0 Å². The van der Waals surface area contributed by atoms with Crippen molar-refractivity contribution >= 4 is 22.4 Å². The highest BCUT2D eigenvalue weighted by atomic mass is 16.3. The zero-order chi connectivity index (χ0) is 11.7. The molecule has 2 rings (SSSR count). The molecule has 1 aromatic carbocycles. The molecule has 0 unspecified atom stereocenters. The van der Waals surface area contributed by atoms with Crippen LogP contribution < -0.4 is 5.73 Å². The van der Waals surface area contributed by atoms with Gasteiger partial charge in [-0.15, -0.1) is 0 Å². The number of anilines is 1. The summed E-state index contributed by atoms with van der Waals surface area (Å²) in [6, 6.07) is 5.92. The number of benzene rings is 1. The van der Waals surface area contributed by atoms with Crippen molar-refractivity contribution in [3.8, 4) is 11.8 Å². The molecule has 0 saturated heterocycles. The highest BCUT2D eigenvalue weighted by Gasteiger charge is 2.16. The Labute approximate surface area is 90.8 Å². The Balaban J connectivity index is 2.92. The third kappa shape index (κ3) is 1.33. The fourth-order valence-corrected chi connectivity index (χ4v) is 1.51. The van der Waals surface area contributed by atoms with Gasteiger partial charge in [-0.05, 0) is 18.2 Å². The molecule has 5 heteroatoms. The molecule has 0 saturated carbocycles. The number of nitrogens with zero attached hydrogens (tertiary/aromatic N) is 2. The number of hydrogen-bond donors (Lipinski definition) is 2. The highest BCUT2D eigenvalue weighted by Crippen LogP contribution is 2.28. The smallest absolute Gasteiger partial charge is 0.268 e. The Hall–Kier alpha value is -2.61. The Bertz CT molecular complexity index is 629. The zero-order valence-corrected chi connectivity index (χ0v) is 8.14. The third-order valence-electron chi connectivity index (χ3n) is 2.25. The van der Waals surface area contributed by atoms with Gasteiger partial charge in [0.1, 0.15) is 17.4 Å². The van der Waals surface area contributed by atoms with Gasteiger partial charge < -0.3 is 10.8 Å². The summed E-state index contributed by atoms with van der Waals surface area (Å²) in [6.45, 7) is 0. The Morgan fingerprint density at radius 1 is 1.44 bits per heavy atom. The molecule has 0 aliphatic rings. The molecule has 16 heavy (non-hydrogen) atoms. The van der Waals surface area contributed by atoms with Crippen LogP contribution in [-0.4, -0.2) is 15.9 Å². The van der Waals surface area contributed by atoms with Gasteiger partial charge in [-0.25, -0.2) is 0 Å². The summed E-state index contributed by atoms with van der Waals surface area (Å²) < 4.78 is 0. The standard InChI is InChI=1S/C11H7N3O2/c12-5-9(16)10-8(15)2-1-6-7(13)3-4-14-11(6)10/h1-4,15H,(H2,13,14). The Kier molecular flexibility index (Phi) is 2.18. The number of Topliss-reactive ketones (excluding diaryl/α,β-unsaturated/α-hetero) is 1. The predicted molar refractivity (Wildman–Crippen MR) is 57.8 cm³/mol. The first kappa shape index (κ1) is 9.93. The molecule has 0 radical (unpaired) electrons. The molecule has 1 heterocycles. The van der Waals surface area contributed by atoms with E-state index in [9.17, 15) is 9.90 Å². The van der Waals surface area contributed by atoms with Gasteiger partial charge in [0.2, 0.25) is 0 Å². The van der Waals surface area contributed by atoms with Gasteiger partial charge in [0, 0.05) is 17.3 Å². The molecule has 0 aliphatic carbocycles. The van der Waals surface area contributed by atoms with Crippen molar-refractivity contribution in [1.29, 1.82) is 5.26 Å². The largest absolute Gasteiger partial charge is 0.507 e. The number of aromatic hydroxyl groups is 1. The van der Waals surface area contributed by atoms with Gasteiger partial charge >= 0.3 is 0 Å². The van der Waals surface area contributed by atoms with Crippen LogP contribution in [0.3, 0.4) is 0 Å². The Morgan fingerprint density at radius 3 is 2.88 bits per heavy atom. The number of nitrogens with two attached hydrogens (primary N) is 1. The van der Waals surface area contributed by atoms with Gasteiger partial charge in [0.25, 0.3) is 5.78 Å². The molecule has 0 bridgehead atoms. The topological polar surface area (TPSA) is 100 Å². The van der Waals surface area contributed by atoms with E-state index in [2.05, 4.69) is 4.98 Å². The number of carbonyl (C=O) groups excluding carboxylic acids is 1. The van der Waals surface area contributed by atoms with Crippen LogP contribution in [0.25, 0.3) is 10.9 Å². The van der Waals surface area contributed by atoms with Crippen molar-refractivity contribution in [2.24, 2.45) is 0 Å². The first-order chi connectivity index (χ1) is 7.65. The van der Waals surface area contributed by atoms with Crippen LogP contribution in [0, 0.1) is 11.3 Å². The minimum absolute atomic E-state index is 0.104. The number of ketones is 1. The summed E-state index contributed by atoms with van der Waals surface area (Å²) >= 11 is 0. The van der Waals surface area contributed by atoms with Gasteiger partial charge in [-0.3, -0.25) is 9.78 Å². The second-order valence-corrected chi connectivity index (χ2v) is 3.20. The fourth-order valence-electron chi connectivity index (χ4n) is 1.51. The van der Waals surface area contributed by atoms with Crippen molar-refractivity contribution in [2.75, 3.05) is 5.73 Å². The quantitative estimate of drug-likeness (QED) is 0.548. The molecule has 2 aromatic rings. The van der Waals surface area contributed by atoms with Crippen molar-refractivity contribution in [3.63, 3.8) is 0 Å². The fraction of sp³-hybridized carbons (Fsp3) is 0. The minimum atomic E-state index is -0.832. The number of aromatic nitrogens is 1. The highest BCUT2D eigenvalue weighted by molar-refractivity contribution is 6.17. The number of fused-ring (bicyclic) bond motifs is 1. The molecular formula is C11H7N3O2. The van der Waals surface area contributed by atoms with Crippen molar-refractivity contribution in [1.82, 2.24) is 4.98 Å². The lowest BCUT2D eigenvalue weighted by molar-refractivity contribution is 0.105. The van der Waals surface area contributed by atoms with Crippen LogP contribution in [-0.2, 0) is 0 Å². The number of hydrogen-bond acceptors (Lipinski definition) is 5. The molecule has 1 aromatic heterocycles. The molecule has 0 fully saturated rings. The van der Waals surface area contributed by atoms with Crippen LogP contribution >= 0.6 is 0 Å². The molecule has 3 N–H and O–H groups in total. The van der Waals surface area contributed by atoms with Crippen molar-refractivity contribution < 1.29 is 9.90 Å². The second kappa shape index (κ2) is 3.51. The molecule has 0 spiro atoms. The average molecular weight is 213 g/mol. The number of carbonyl (C=O) groups is 1. The number of nitriles is 1. The van der Waals surface area contributed by atoms with E-state index in [1.165, 1.54) is 18.3 Å². The predicted octanol–water partition coefficient (Wildman–Crippen LogP) is 1.23. The summed E-state index contributed by atoms with van der Waals surface area (Å²) in [5.41, 5.74) is 6.28. The third-order valence-corrected chi connectivity index (χ3v) is 2.25. The minimum Gasteiger partial charge on any atom is -0.507 e. The molecule has 5 nitrogen and oxygen atoms in total.